The van der Waals surface area contributed by atoms with Crippen LogP contribution in [0.2, 0.25) is 5.02 Å². The summed E-state index contributed by atoms with van der Waals surface area (Å²) in [6.07, 6.45) is 5.63. The van der Waals surface area contributed by atoms with Crippen LogP contribution < -0.4 is 15.4 Å². The number of ether oxygens (including phenoxy) is 2. The zero-order chi connectivity index (χ0) is 24.6. The van der Waals surface area contributed by atoms with Crippen LogP contribution in [0.15, 0.2) is 42.6 Å². The Morgan fingerprint density at radius 2 is 2.00 bits per heavy atom. The van der Waals surface area contributed by atoms with Crippen LogP contribution in [-0.2, 0) is 9.53 Å². The van der Waals surface area contributed by atoms with Gasteiger partial charge in [-0.1, -0.05) is 17.7 Å². The van der Waals surface area contributed by atoms with Gasteiger partial charge in [0.1, 0.15) is 5.02 Å². The maximum Gasteiger partial charge on any atom is 0.253 e. The van der Waals surface area contributed by atoms with E-state index in [2.05, 4.69) is 25.5 Å². The van der Waals surface area contributed by atoms with Gasteiger partial charge in [-0.2, -0.15) is 4.98 Å². The highest BCUT2D eigenvalue weighted by Gasteiger charge is 2.27. The van der Waals surface area contributed by atoms with Gasteiger partial charge in [-0.15, -0.1) is 0 Å². The minimum absolute atomic E-state index is 0.0210. The molecule has 186 valence electrons. The summed E-state index contributed by atoms with van der Waals surface area (Å²) in [5, 5.41) is 6.39. The average molecular weight is 501 g/mol. The normalized spacial score (nSPS) is 18.6. The standard InChI is InChI=1S/C24H29ClN6O4/c1-34-22-20(25)15-26-24(29-22)28-19-8-10-31(16-19)23(33)17-4-6-18(7-5-17)27-21(32)3-2-9-30-11-13-35-14-12-30/h2-7,15,19H,8-14,16H2,1H3,(H,27,32)(H,26,28,29)/b3-2+/t19-/m0/s1. The lowest BCUT2D eigenvalue weighted by Crippen LogP contribution is -2.36. The molecule has 2 aromatic rings. The van der Waals surface area contributed by atoms with Gasteiger partial charge in [-0.25, -0.2) is 4.98 Å². The second kappa shape index (κ2) is 12.0. The molecule has 1 aromatic carbocycles. The molecule has 0 unspecified atom stereocenters. The second-order valence-electron chi connectivity index (χ2n) is 8.31. The van der Waals surface area contributed by atoms with E-state index in [0.717, 1.165) is 32.7 Å². The molecule has 0 saturated carbocycles. The van der Waals surface area contributed by atoms with E-state index < -0.39 is 0 Å². The summed E-state index contributed by atoms with van der Waals surface area (Å²) in [7, 11) is 1.49. The molecule has 3 heterocycles. The van der Waals surface area contributed by atoms with Gasteiger partial charge in [0.2, 0.25) is 17.7 Å². The van der Waals surface area contributed by atoms with Gasteiger partial charge in [-0.05, 0) is 30.7 Å². The van der Waals surface area contributed by atoms with Crippen molar-refractivity contribution in [1.29, 1.82) is 0 Å². The maximum atomic E-state index is 12.9. The van der Waals surface area contributed by atoms with Crippen molar-refractivity contribution in [1.82, 2.24) is 19.8 Å². The molecule has 11 heteroatoms. The van der Waals surface area contributed by atoms with E-state index in [1.54, 1.807) is 29.2 Å². The molecule has 2 fully saturated rings. The molecule has 10 nitrogen and oxygen atoms in total. The third kappa shape index (κ3) is 6.91. The molecule has 1 aromatic heterocycles. The van der Waals surface area contributed by atoms with E-state index >= 15 is 0 Å². The number of anilines is 2. The van der Waals surface area contributed by atoms with Crippen molar-refractivity contribution < 1.29 is 19.1 Å². The zero-order valence-electron chi connectivity index (χ0n) is 19.6. The van der Waals surface area contributed by atoms with Gasteiger partial charge in [0, 0.05) is 56.1 Å². The molecule has 2 aliphatic rings. The van der Waals surface area contributed by atoms with Crippen molar-refractivity contribution in [3.05, 3.63) is 53.2 Å². The highest BCUT2D eigenvalue weighted by Crippen LogP contribution is 2.23. The van der Waals surface area contributed by atoms with Crippen LogP contribution in [0.25, 0.3) is 0 Å². The van der Waals surface area contributed by atoms with Gasteiger partial charge in [0.15, 0.2) is 0 Å². The quantitative estimate of drug-likeness (QED) is 0.531. The van der Waals surface area contributed by atoms with Gasteiger partial charge in [0.25, 0.3) is 5.91 Å². The Morgan fingerprint density at radius 1 is 1.23 bits per heavy atom. The number of aromatic nitrogens is 2. The van der Waals surface area contributed by atoms with E-state index in [1.165, 1.54) is 19.4 Å². The topological polar surface area (TPSA) is 109 Å². The number of likely N-dealkylation sites (tertiary alicyclic amines) is 1. The van der Waals surface area contributed by atoms with Crippen molar-refractivity contribution in [2.24, 2.45) is 0 Å². The fourth-order valence-corrected chi connectivity index (χ4v) is 4.13. The average Bonchev–Trinajstić information content (AvgIpc) is 3.34. The van der Waals surface area contributed by atoms with Crippen molar-refractivity contribution >= 4 is 35.1 Å². The summed E-state index contributed by atoms with van der Waals surface area (Å²) < 4.78 is 10.4. The minimum Gasteiger partial charge on any atom is -0.480 e. The third-order valence-electron chi connectivity index (χ3n) is 5.85. The first-order chi connectivity index (χ1) is 17.0. The van der Waals surface area contributed by atoms with Crippen LogP contribution >= 0.6 is 11.6 Å². The number of benzene rings is 1. The molecule has 1 atom stereocenters. The minimum atomic E-state index is -0.202. The predicted molar refractivity (Wildman–Crippen MR) is 133 cm³/mol. The number of nitrogens with zero attached hydrogens (tertiary/aromatic N) is 4. The molecule has 0 bridgehead atoms. The number of nitrogens with one attached hydrogen (secondary N) is 2. The molecule has 2 aliphatic heterocycles. The summed E-state index contributed by atoms with van der Waals surface area (Å²) in [4.78, 5) is 37.5. The monoisotopic (exact) mass is 500 g/mol. The Balaban J connectivity index is 1.25. The largest absolute Gasteiger partial charge is 0.480 e. The highest BCUT2D eigenvalue weighted by molar-refractivity contribution is 6.31. The van der Waals surface area contributed by atoms with Crippen LogP contribution in [0.3, 0.4) is 0 Å². The Morgan fingerprint density at radius 3 is 2.74 bits per heavy atom. The van der Waals surface area contributed by atoms with Crippen molar-refractivity contribution in [2.75, 3.05) is 63.7 Å². The number of halogens is 1. The molecule has 35 heavy (non-hydrogen) atoms. The van der Waals surface area contributed by atoms with Crippen LogP contribution in [0.1, 0.15) is 16.8 Å². The Bertz CT molecular complexity index is 1060. The van der Waals surface area contributed by atoms with Crippen molar-refractivity contribution in [3.8, 4) is 5.88 Å². The smallest absolute Gasteiger partial charge is 0.253 e. The number of morpholine rings is 1. The zero-order valence-corrected chi connectivity index (χ0v) is 20.3. The number of carbonyl (C=O) groups excluding carboxylic acids is 2. The van der Waals surface area contributed by atoms with E-state index in [9.17, 15) is 9.59 Å². The number of hydrogen-bond acceptors (Lipinski definition) is 8. The van der Waals surface area contributed by atoms with E-state index in [-0.39, 0.29) is 17.9 Å². The maximum absolute atomic E-state index is 12.9. The van der Waals surface area contributed by atoms with Gasteiger partial charge >= 0.3 is 0 Å². The van der Waals surface area contributed by atoms with E-state index in [1.807, 2.05) is 6.08 Å². The van der Waals surface area contributed by atoms with Gasteiger partial charge < -0.3 is 25.0 Å². The lowest BCUT2D eigenvalue weighted by molar-refractivity contribution is -0.111. The number of rotatable bonds is 8. The van der Waals surface area contributed by atoms with Crippen molar-refractivity contribution in [2.45, 2.75) is 12.5 Å². The molecular weight excluding hydrogens is 472 g/mol. The fourth-order valence-electron chi connectivity index (χ4n) is 3.96. The van der Waals surface area contributed by atoms with Crippen LogP contribution in [0, 0.1) is 0 Å². The first kappa shape index (κ1) is 24.9. The lowest BCUT2D eigenvalue weighted by Gasteiger charge is -2.25. The summed E-state index contributed by atoms with van der Waals surface area (Å²) in [6.45, 7) is 5.07. The summed E-state index contributed by atoms with van der Waals surface area (Å²) in [5.41, 5.74) is 1.20. The van der Waals surface area contributed by atoms with Gasteiger partial charge in [-0.3, -0.25) is 14.5 Å². The molecule has 0 spiro atoms. The summed E-state index contributed by atoms with van der Waals surface area (Å²) >= 11 is 5.97. The second-order valence-corrected chi connectivity index (χ2v) is 8.72. The van der Waals surface area contributed by atoms with Crippen LogP contribution in [0.4, 0.5) is 11.6 Å². The van der Waals surface area contributed by atoms with E-state index in [4.69, 9.17) is 21.1 Å². The van der Waals surface area contributed by atoms with Crippen molar-refractivity contribution in [3.63, 3.8) is 0 Å². The third-order valence-corrected chi connectivity index (χ3v) is 6.11. The Kier molecular flexibility index (Phi) is 8.51. The molecule has 0 radical (unpaired) electrons. The van der Waals surface area contributed by atoms with Gasteiger partial charge in [0.05, 0.1) is 26.5 Å². The molecular formula is C24H29ClN6O4. The first-order valence-corrected chi connectivity index (χ1v) is 11.9. The molecule has 4 rings (SSSR count). The van der Waals surface area contributed by atoms with Crippen LogP contribution in [0.5, 0.6) is 5.88 Å². The Hall–Kier alpha value is -3.21. The predicted octanol–water partition coefficient (Wildman–Crippen LogP) is 2.29. The molecule has 2 N–H and O–H groups in total. The first-order valence-electron chi connectivity index (χ1n) is 11.5. The fraction of sp³-hybridized carbons (Fsp3) is 0.417. The SMILES string of the molecule is COc1nc(N[C@H]2CCN(C(=O)c3ccc(NC(=O)/C=C/CN4CCOCC4)cc3)C2)ncc1Cl. The number of amides is 2. The number of carbonyl (C=O) groups is 2. The number of hydrogen-bond donors (Lipinski definition) is 2. The lowest BCUT2D eigenvalue weighted by atomic mass is 10.2. The molecule has 2 saturated heterocycles. The summed E-state index contributed by atoms with van der Waals surface area (Å²) in [5.74, 6) is 0.443. The van der Waals surface area contributed by atoms with E-state index in [0.29, 0.717) is 47.7 Å². The Labute approximate surface area is 209 Å². The van der Waals surface area contributed by atoms with Crippen LogP contribution in [-0.4, -0.2) is 90.7 Å². The number of methoxy groups -OCH3 is 1. The molecule has 0 aliphatic carbocycles. The molecule has 2 amide bonds. The highest BCUT2D eigenvalue weighted by atomic mass is 35.5. The summed E-state index contributed by atoms with van der Waals surface area (Å²) in [6, 6.07) is 6.95.